The van der Waals surface area contributed by atoms with E-state index in [4.69, 9.17) is 11.5 Å². The molecule has 1 aromatic carbocycles. The van der Waals surface area contributed by atoms with E-state index in [0.29, 0.717) is 37.9 Å². The molecule has 0 heterocycles. The van der Waals surface area contributed by atoms with Crippen LogP contribution in [-0.2, 0) is 11.2 Å². The molecule has 5 N–H and O–H groups in total. The lowest BCUT2D eigenvalue weighted by molar-refractivity contribution is -0.121. The Morgan fingerprint density at radius 3 is 2.63 bits per heavy atom. The molecule has 1 aromatic rings. The molecule has 0 aromatic heterocycles. The molecule has 0 aliphatic carbocycles. The van der Waals surface area contributed by atoms with Gasteiger partial charge in [0.25, 0.3) is 0 Å². The minimum atomic E-state index is -0.441. The molecular weight excluding hydrogens is 266 g/mol. The van der Waals surface area contributed by atoms with E-state index in [-0.39, 0.29) is 18.3 Å². The first-order valence-electron chi connectivity index (χ1n) is 5.99. The first-order chi connectivity index (χ1) is 8.63. The van der Waals surface area contributed by atoms with Crippen LogP contribution in [0.4, 0.5) is 0 Å². The molecule has 19 heavy (non-hydrogen) atoms. The van der Waals surface area contributed by atoms with E-state index >= 15 is 0 Å². The molecule has 0 atom stereocenters. The highest BCUT2D eigenvalue weighted by Crippen LogP contribution is 2.05. The van der Waals surface area contributed by atoms with Crippen molar-refractivity contribution in [3.8, 4) is 0 Å². The molecule has 0 spiro atoms. The fourth-order valence-electron chi connectivity index (χ4n) is 1.58. The van der Waals surface area contributed by atoms with Gasteiger partial charge in [-0.1, -0.05) is 12.1 Å². The van der Waals surface area contributed by atoms with Crippen LogP contribution in [0.1, 0.15) is 28.8 Å². The maximum absolute atomic E-state index is 11.3. The van der Waals surface area contributed by atoms with Crippen molar-refractivity contribution in [2.75, 3.05) is 13.1 Å². The molecule has 0 bridgehead atoms. The molecular formula is C13H20ClN3O2. The Morgan fingerprint density at radius 2 is 2.00 bits per heavy atom. The smallest absolute Gasteiger partial charge is 0.248 e. The Balaban J connectivity index is 0.00000324. The second-order valence-electron chi connectivity index (χ2n) is 4.06. The highest BCUT2D eigenvalue weighted by molar-refractivity contribution is 5.92. The quantitative estimate of drug-likeness (QED) is 0.684. The van der Waals surface area contributed by atoms with Crippen LogP contribution in [0.3, 0.4) is 0 Å². The number of hydrogen-bond acceptors (Lipinski definition) is 3. The molecule has 0 fully saturated rings. The second kappa shape index (κ2) is 9.35. The third kappa shape index (κ3) is 6.79. The average Bonchev–Trinajstić information content (AvgIpc) is 2.36. The number of nitrogens with two attached hydrogens (primary N) is 2. The molecule has 6 heteroatoms. The van der Waals surface area contributed by atoms with Crippen LogP contribution < -0.4 is 16.8 Å². The molecule has 106 valence electrons. The van der Waals surface area contributed by atoms with Crippen molar-refractivity contribution in [1.29, 1.82) is 0 Å². The maximum Gasteiger partial charge on any atom is 0.248 e. The summed E-state index contributed by atoms with van der Waals surface area (Å²) in [4.78, 5) is 22.3. The Hall–Kier alpha value is -1.59. The summed E-state index contributed by atoms with van der Waals surface area (Å²) >= 11 is 0. The van der Waals surface area contributed by atoms with E-state index in [9.17, 15) is 9.59 Å². The molecule has 0 aliphatic heterocycles. The first kappa shape index (κ1) is 17.4. The maximum atomic E-state index is 11.3. The van der Waals surface area contributed by atoms with Gasteiger partial charge in [0.2, 0.25) is 11.8 Å². The Bertz CT molecular complexity index is 424. The second-order valence-corrected chi connectivity index (χ2v) is 4.06. The predicted molar refractivity (Wildman–Crippen MR) is 77.2 cm³/mol. The summed E-state index contributed by atoms with van der Waals surface area (Å²) in [5.41, 5.74) is 12.0. The van der Waals surface area contributed by atoms with Crippen LogP contribution >= 0.6 is 12.4 Å². The van der Waals surface area contributed by atoms with Crippen molar-refractivity contribution in [3.05, 3.63) is 35.4 Å². The van der Waals surface area contributed by atoms with Crippen LogP contribution in [0.25, 0.3) is 0 Å². The number of nitrogens with one attached hydrogen (secondary N) is 1. The molecule has 1 rings (SSSR count). The molecule has 0 aliphatic rings. The molecule has 0 unspecified atom stereocenters. The van der Waals surface area contributed by atoms with Gasteiger partial charge in [0.1, 0.15) is 0 Å². The lowest BCUT2D eigenvalue weighted by Gasteiger charge is -2.05. The van der Waals surface area contributed by atoms with Crippen molar-refractivity contribution in [1.82, 2.24) is 5.32 Å². The fraction of sp³-hybridized carbons (Fsp3) is 0.385. The topological polar surface area (TPSA) is 98.2 Å². The zero-order valence-corrected chi connectivity index (χ0v) is 11.5. The summed E-state index contributed by atoms with van der Waals surface area (Å²) in [5, 5.41) is 2.80. The van der Waals surface area contributed by atoms with Gasteiger partial charge in [0.15, 0.2) is 0 Å². The molecule has 0 radical (unpaired) electrons. The van der Waals surface area contributed by atoms with Gasteiger partial charge in [0.05, 0.1) is 0 Å². The van der Waals surface area contributed by atoms with E-state index < -0.39 is 5.91 Å². The van der Waals surface area contributed by atoms with Crippen molar-refractivity contribution >= 4 is 24.2 Å². The summed E-state index contributed by atoms with van der Waals surface area (Å²) in [6.45, 7) is 1.07. The van der Waals surface area contributed by atoms with Gasteiger partial charge >= 0.3 is 0 Å². The zero-order chi connectivity index (χ0) is 13.4. The summed E-state index contributed by atoms with van der Waals surface area (Å²) in [7, 11) is 0. The van der Waals surface area contributed by atoms with Crippen LogP contribution in [0, 0.1) is 0 Å². The third-order valence-electron chi connectivity index (χ3n) is 2.56. The van der Waals surface area contributed by atoms with Crippen molar-refractivity contribution in [2.24, 2.45) is 11.5 Å². The number of rotatable bonds is 7. The molecule has 0 saturated carbocycles. The van der Waals surface area contributed by atoms with Crippen molar-refractivity contribution in [2.45, 2.75) is 19.3 Å². The number of carbonyl (C=O) groups is 2. The van der Waals surface area contributed by atoms with Gasteiger partial charge < -0.3 is 16.8 Å². The number of primary amides is 1. The van der Waals surface area contributed by atoms with Crippen LogP contribution in [0.5, 0.6) is 0 Å². The average molecular weight is 286 g/mol. The molecule has 5 nitrogen and oxygen atoms in total. The van der Waals surface area contributed by atoms with Crippen molar-refractivity contribution in [3.63, 3.8) is 0 Å². The Labute approximate surface area is 119 Å². The lowest BCUT2D eigenvalue weighted by atomic mass is 10.1. The standard InChI is InChI=1S/C13H19N3O2.ClH/c14-7-2-5-12(17)16-8-6-10-3-1-4-11(9-10)13(15)18;/h1,3-4,9H,2,5-8,14H2,(H2,15,18)(H,16,17);1H. The number of halogens is 1. The third-order valence-corrected chi connectivity index (χ3v) is 2.56. The summed E-state index contributed by atoms with van der Waals surface area (Å²) in [6, 6.07) is 7.10. The Morgan fingerprint density at radius 1 is 1.26 bits per heavy atom. The van der Waals surface area contributed by atoms with Gasteiger partial charge in [-0.25, -0.2) is 0 Å². The van der Waals surface area contributed by atoms with E-state index in [1.54, 1.807) is 18.2 Å². The fourth-order valence-corrected chi connectivity index (χ4v) is 1.58. The predicted octanol–water partition coefficient (Wildman–Crippen LogP) is 0.605. The number of carbonyl (C=O) groups excluding carboxylic acids is 2. The first-order valence-corrected chi connectivity index (χ1v) is 5.99. The van der Waals surface area contributed by atoms with E-state index in [0.717, 1.165) is 5.56 Å². The van der Waals surface area contributed by atoms with Gasteiger partial charge in [0, 0.05) is 18.5 Å². The number of hydrogen-bond donors (Lipinski definition) is 3. The highest BCUT2D eigenvalue weighted by atomic mass is 35.5. The normalized spacial score (nSPS) is 9.53. The monoisotopic (exact) mass is 285 g/mol. The van der Waals surface area contributed by atoms with Crippen LogP contribution in [0.15, 0.2) is 24.3 Å². The van der Waals surface area contributed by atoms with Crippen LogP contribution in [-0.4, -0.2) is 24.9 Å². The minimum absolute atomic E-state index is 0. The largest absolute Gasteiger partial charge is 0.366 e. The molecule has 2 amide bonds. The van der Waals surface area contributed by atoms with E-state index in [1.807, 2.05) is 6.07 Å². The summed E-state index contributed by atoms with van der Waals surface area (Å²) in [5.74, 6) is -0.435. The van der Waals surface area contributed by atoms with Gasteiger partial charge in [-0.15, -0.1) is 12.4 Å². The number of benzene rings is 1. The Kier molecular flexibility index (Phi) is 8.57. The van der Waals surface area contributed by atoms with Gasteiger partial charge in [-0.05, 0) is 37.1 Å². The van der Waals surface area contributed by atoms with E-state index in [1.165, 1.54) is 0 Å². The van der Waals surface area contributed by atoms with Gasteiger partial charge in [-0.3, -0.25) is 9.59 Å². The molecule has 0 saturated heterocycles. The summed E-state index contributed by atoms with van der Waals surface area (Å²) < 4.78 is 0. The zero-order valence-electron chi connectivity index (χ0n) is 10.7. The van der Waals surface area contributed by atoms with Gasteiger partial charge in [-0.2, -0.15) is 0 Å². The lowest BCUT2D eigenvalue weighted by Crippen LogP contribution is -2.26. The van der Waals surface area contributed by atoms with Crippen molar-refractivity contribution < 1.29 is 9.59 Å². The number of amides is 2. The van der Waals surface area contributed by atoms with Crippen LogP contribution in [0.2, 0.25) is 0 Å². The van der Waals surface area contributed by atoms with E-state index in [2.05, 4.69) is 5.32 Å². The minimum Gasteiger partial charge on any atom is -0.366 e. The SMILES string of the molecule is Cl.NCCCC(=O)NCCc1cccc(C(N)=O)c1. The summed E-state index contributed by atoms with van der Waals surface area (Å²) in [6.07, 6.45) is 1.83. The highest BCUT2D eigenvalue weighted by Gasteiger charge is 2.02.